The summed E-state index contributed by atoms with van der Waals surface area (Å²) in [5.74, 6) is 0. The highest BCUT2D eigenvalue weighted by Gasteiger charge is 2.37. The van der Waals surface area contributed by atoms with Crippen molar-refractivity contribution in [1.29, 1.82) is 0 Å². The van der Waals surface area contributed by atoms with Crippen LogP contribution in [0.5, 0.6) is 0 Å². The Kier molecular flexibility index (Phi) is 3.48. The monoisotopic (exact) mass is 235 g/mol. The van der Waals surface area contributed by atoms with E-state index in [9.17, 15) is 13.2 Å². The van der Waals surface area contributed by atoms with Crippen molar-refractivity contribution in [3.63, 3.8) is 0 Å². The second-order valence-corrected chi connectivity index (χ2v) is 3.28. The number of nitrogen functional groups attached to an aromatic ring is 2. The van der Waals surface area contributed by atoms with Gasteiger partial charge in [0.1, 0.15) is 0 Å². The van der Waals surface area contributed by atoms with E-state index in [0.29, 0.717) is 11.4 Å². The number of nitrogens with one attached hydrogen (secondary N) is 1. The fourth-order valence-electron chi connectivity index (χ4n) is 1.01. The molecule has 1 rings (SSSR count). The van der Waals surface area contributed by atoms with Gasteiger partial charge in [0.15, 0.2) is 6.10 Å². The Hall–Kier alpha value is -1.63. The van der Waals surface area contributed by atoms with Crippen molar-refractivity contribution in [1.82, 2.24) is 0 Å². The Morgan fingerprint density at radius 1 is 1.25 bits per heavy atom. The van der Waals surface area contributed by atoms with Gasteiger partial charge >= 0.3 is 6.18 Å². The van der Waals surface area contributed by atoms with Crippen molar-refractivity contribution in [2.75, 3.05) is 23.3 Å². The Morgan fingerprint density at radius 2 is 1.88 bits per heavy atom. The van der Waals surface area contributed by atoms with Crippen LogP contribution < -0.4 is 16.8 Å². The number of halogens is 3. The van der Waals surface area contributed by atoms with Gasteiger partial charge in [-0.15, -0.1) is 0 Å². The van der Waals surface area contributed by atoms with Crippen LogP contribution in [0.2, 0.25) is 0 Å². The maximum Gasteiger partial charge on any atom is 0.416 e. The topological polar surface area (TPSA) is 84.3 Å². The van der Waals surface area contributed by atoms with Gasteiger partial charge in [0.2, 0.25) is 0 Å². The van der Waals surface area contributed by atoms with E-state index in [2.05, 4.69) is 5.32 Å². The number of rotatable bonds is 3. The number of hydrogen-bond acceptors (Lipinski definition) is 4. The zero-order valence-electron chi connectivity index (χ0n) is 8.25. The van der Waals surface area contributed by atoms with E-state index in [1.807, 2.05) is 0 Å². The van der Waals surface area contributed by atoms with Gasteiger partial charge in [-0.1, -0.05) is 0 Å². The molecule has 0 amide bonds. The van der Waals surface area contributed by atoms with Gasteiger partial charge in [0.25, 0.3) is 0 Å². The SMILES string of the molecule is Nc1ccc(NCC(O)C(F)(F)F)cc1N. The molecule has 0 bridgehead atoms. The molecule has 0 aliphatic carbocycles. The minimum absolute atomic E-state index is 0.270. The molecule has 1 unspecified atom stereocenters. The molecule has 16 heavy (non-hydrogen) atoms. The molecular formula is C9H12F3N3O. The van der Waals surface area contributed by atoms with E-state index in [1.54, 1.807) is 0 Å². The molecule has 1 aromatic carbocycles. The minimum Gasteiger partial charge on any atom is -0.397 e. The highest BCUT2D eigenvalue weighted by molar-refractivity contribution is 5.69. The molecule has 1 atom stereocenters. The summed E-state index contributed by atoms with van der Waals surface area (Å²) in [4.78, 5) is 0. The first-order valence-corrected chi connectivity index (χ1v) is 4.44. The summed E-state index contributed by atoms with van der Waals surface area (Å²) < 4.78 is 35.9. The number of nitrogens with two attached hydrogens (primary N) is 2. The summed E-state index contributed by atoms with van der Waals surface area (Å²) in [6.07, 6.45) is -7.04. The van der Waals surface area contributed by atoms with Crippen molar-refractivity contribution in [2.45, 2.75) is 12.3 Å². The lowest BCUT2D eigenvalue weighted by atomic mass is 10.2. The van der Waals surface area contributed by atoms with Gasteiger partial charge in [-0.25, -0.2) is 0 Å². The molecule has 0 aliphatic rings. The molecule has 0 spiro atoms. The van der Waals surface area contributed by atoms with Gasteiger partial charge in [0.05, 0.1) is 11.4 Å². The van der Waals surface area contributed by atoms with E-state index in [0.717, 1.165) is 0 Å². The lowest BCUT2D eigenvalue weighted by molar-refractivity contribution is -0.198. The summed E-state index contributed by atoms with van der Waals surface area (Å²) in [6, 6.07) is 4.35. The third-order valence-corrected chi connectivity index (χ3v) is 1.96. The van der Waals surface area contributed by atoms with Crippen LogP contribution in [-0.2, 0) is 0 Å². The van der Waals surface area contributed by atoms with Gasteiger partial charge in [0, 0.05) is 12.2 Å². The van der Waals surface area contributed by atoms with E-state index in [1.165, 1.54) is 18.2 Å². The summed E-state index contributed by atoms with van der Waals surface area (Å²) in [5.41, 5.74) is 11.9. The van der Waals surface area contributed by atoms with Crippen LogP contribution in [0.3, 0.4) is 0 Å². The quantitative estimate of drug-likeness (QED) is 0.593. The van der Waals surface area contributed by atoms with E-state index >= 15 is 0 Å². The molecule has 0 aromatic heterocycles. The number of aliphatic hydroxyl groups is 1. The average Bonchev–Trinajstić information content (AvgIpc) is 2.18. The van der Waals surface area contributed by atoms with Gasteiger partial charge in [-0.3, -0.25) is 0 Å². The van der Waals surface area contributed by atoms with Crippen LogP contribution in [-0.4, -0.2) is 23.9 Å². The smallest absolute Gasteiger partial charge is 0.397 e. The fourth-order valence-corrected chi connectivity index (χ4v) is 1.01. The summed E-state index contributed by atoms with van der Waals surface area (Å²) >= 11 is 0. The van der Waals surface area contributed by atoms with Crippen molar-refractivity contribution in [3.8, 4) is 0 Å². The second kappa shape index (κ2) is 4.48. The Balaban J connectivity index is 2.58. The molecule has 4 nitrogen and oxygen atoms in total. The number of hydrogen-bond donors (Lipinski definition) is 4. The number of aliphatic hydroxyl groups excluding tert-OH is 1. The van der Waals surface area contributed by atoms with Crippen LogP contribution in [0.1, 0.15) is 0 Å². The minimum atomic E-state index is -4.63. The summed E-state index contributed by atoms with van der Waals surface area (Å²) in [7, 11) is 0. The third kappa shape index (κ3) is 3.20. The highest BCUT2D eigenvalue weighted by Crippen LogP contribution is 2.22. The predicted octanol–water partition coefficient (Wildman–Crippen LogP) is 1.19. The van der Waals surface area contributed by atoms with E-state index < -0.39 is 18.8 Å². The van der Waals surface area contributed by atoms with Crippen molar-refractivity contribution in [2.24, 2.45) is 0 Å². The van der Waals surface area contributed by atoms with E-state index in [4.69, 9.17) is 16.6 Å². The maximum atomic E-state index is 12.0. The second-order valence-electron chi connectivity index (χ2n) is 3.28. The van der Waals surface area contributed by atoms with Crippen LogP contribution in [0.4, 0.5) is 30.2 Å². The molecule has 0 heterocycles. The average molecular weight is 235 g/mol. The predicted molar refractivity (Wildman–Crippen MR) is 55.8 cm³/mol. The fraction of sp³-hybridized carbons (Fsp3) is 0.333. The first-order chi connectivity index (χ1) is 7.30. The molecule has 0 fully saturated rings. The highest BCUT2D eigenvalue weighted by atomic mass is 19.4. The normalized spacial score (nSPS) is 13.5. The summed E-state index contributed by atoms with van der Waals surface area (Å²) in [5, 5.41) is 11.1. The molecule has 0 saturated heterocycles. The lowest BCUT2D eigenvalue weighted by Gasteiger charge is -2.16. The maximum absolute atomic E-state index is 12.0. The first kappa shape index (κ1) is 12.4. The zero-order valence-corrected chi connectivity index (χ0v) is 8.25. The molecule has 90 valence electrons. The van der Waals surface area contributed by atoms with Crippen molar-refractivity contribution < 1.29 is 18.3 Å². The lowest BCUT2D eigenvalue weighted by Crippen LogP contribution is -2.35. The van der Waals surface area contributed by atoms with Crippen LogP contribution in [0.25, 0.3) is 0 Å². The van der Waals surface area contributed by atoms with Gasteiger partial charge in [-0.2, -0.15) is 13.2 Å². The molecule has 1 aromatic rings. The third-order valence-electron chi connectivity index (χ3n) is 1.96. The van der Waals surface area contributed by atoms with Gasteiger partial charge in [-0.05, 0) is 18.2 Å². The summed E-state index contributed by atoms with van der Waals surface area (Å²) in [6.45, 7) is -0.632. The van der Waals surface area contributed by atoms with Crippen molar-refractivity contribution >= 4 is 17.1 Å². The molecule has 0 aliphatic heterocycles. The van der Waals surface area contributed by atoms with Crippen LogP contribution in [0, 0.1) is 0 Å². The molecule has 7 heteroatoms. The van der Waals surface area contributed by atoms with Crippen LogP contribution in [0.15, 0.2) is 18.2 Å². The standard InChI is InChI=1S/C9H12F3N3O/c10-9(11,12)8(16)4-15-5-1-2-6(13)7(14)3-5/h1-3,8,15-16H,4,13-14H2. The first-order valence-electron chi connectivity index (χ1n) is 4.44. The molecule has 0 saturated carbocycles. The molecule has 6 N–H and O–H groups in total. The zero-order chi connectivity index (χ0) is 12.3. The van der Waals surface area contributed by atoms with Gasteiger partial charge < -0.3 is 21.9 Å². The Labute approximate surface area is 90.0 Å². The number of anilines is 3. The largest absolute Gasteiger partial charge is 0.416 e. The Bertz CT molecular complexity index is 368. The van der Waals surface area contributed by atoms with E-state index in [-0.39, 0.29) is 5.69 Å². The molecule has 0 radical (unpaired) electrons. The van der Waals surface area contributed by atoms with Crippen molar-refractivity contribution in [3.05, 3.63) is 18.2 Å². The number of benzene rings is 1. The molecular weight excluding hydrogens is 223 g/mol. The Morgan fingerprint density at radius 3 is 2.38 bits per heavy atom. The van der Waals surface area contributed by atoms with Crippen LogP contribution >= 0.6 is 0 Å². The number of alkyl halides is 3.